The quantitative estimate of drug-likeness (QED) is 0.892. The molecule has 0 aliphatic rings. The number of anilines is 1. The lowest BCUT2D eigenvalue weighted by Gasteiger charge is -2.12. The van der Waals surface area contributed by atoms with Crippen molar-refractivity contribution in [3.05, 3.63) is 58.1 Å². The van der Waals surface area contributed by atoms with E-state index in [0.29, 0.717) is 5.69 Å². The highest BCUT2D eigenvalue weighted by molar-refractivity contribution is 9.10. The third-order valence-corrected chi connectivity index (χ3v) is 5.10. The lowest BCUT2D eigenvalue weighted by molar-refractivity contribution is -0.255. The zero-order chi connectivity index (χ0) is 15.6. The Morgan fingerprint density at radius 1 is 1.19 bits per heavy atom. The normalized spacial score (nSPS) is 11.1. The molecular formula is C14H11BrNO4S-. The van der Waals surface area contributed by atoms with E-state index in [4.69, 9.17) is 0 Å². The van der Waals surface area contributed by atoms with Crippen molar-refractivity contribution in [3.8, 4) is 0 Å². The highest BCUT2D eigenvalue weighted by atomic mass is 79.9. The number of nitrogens with one attached hydrogen (secondary N) is 1. The topological polar surface area (TPSA) is 86.3 Å². The van der Waals surface area contributed by atoms with E-state index in [0.717, 1.165) is 11.6 Å². The van der Waals surface area contributed by atoms with Crippen LogP contribution in [0.4, 0.5) is 5.69 Å². The summed E-state index contributed by atoms with van der Waals surface area (Å²) in [7, 11) is -3.90. The molecule has 0 saturated carbocycles. The summed E-state index contributed by atoms with van der Waals surface area (Å²) in [4.78, 5) is 10.7. The molecule has 0 radical (unpaired) electrons. The van der Waals surface area contributed by atoms with Crippen LogP contribution < -0.4 is 9.83 Å². The number of carboxylic acid groups (broad SMARTS) is 1. The molecule has 5 nitrogen and oxygen atoms in total. The van der Waals surface area contributed by atoms with E-state index in [1.54, 1.807) is 18.2 Å². The van der Waals surface area contributed by atoms with Gasteiger partial charge in [-0.15, -0.1) is 0 Å². The summed E-state index contributed by atoms with van der Waals surface area (Å²) in [5.41, 5.74) is 1.10. The first-order valence-corrected chi connectivity index (χ1v) is 8.17. The Labute approximate surface area is 130 Å². The maximum atomic E-state index is 12.4. The molecule has 7 heteroatoms. The van der Waals surface area contributed by atoms with E-state index in [2.05, 4.69) is 20.7 Å². The van der Waals surface area contributed by atoms with Gasteiger partial charge < -0.3 is 9.90 Å². The van der Waals surface area contributed by atoms with Crippen LogP contribution in [-0.2, 0) is 10.0 Å². The number of halogens is 1. The fraction of sp³-hybridized carbons (Fsp3) is 0.0714. The molecule has 2 aromatic rings. The first kappa shape index (κ1) is 15.5. The summed E-state index contributed by atoms with van der Waals surface area (Å²) in [6.07, 6.45) is 0. The van der Waals surface area contributed by atoms with Gasteiger partial charge in [-0.05, 0) is 58.2 Å². The Kier molecular flexibility index (Phi) is 4.34. The number of carbonyl (C=O) groups excluding carboxylic acids is 1. The van der Waals surface area contributed by atoms with E-state index in [1.807, 2.05) is 13.0 Å². The number of carboxylic acids is 1. The van der Waals surface area contributed by atoms with E-state index >= 15 is 0 Å². The fourth-order valence-electron chi connectivity index (χ4n) is 1.75. The minimum atomic E-state index is -3.90. The Morgan fingerprint density at radius 3 is 2.52 bits per heavy atom. The maximum Gasteiger partial charge on any atom is 0.263 e. The van der Waals surface area contributed by atoms with Gasteiger partial charge in [-0.25, -0.2) is 8.42 Å². The molecule has 0 heterocycles. The third kappa shape index (κ3) is 3.62. The first-order valence-electron chi connectivity index (χ1n) is 5.90. The number of rotatable bonds is 4. The molecule has 2 rings (SSSR count). The van der Waals surface area contributed by atoms with Crippen molar-refractivity contribution in [2.45, 2.75) is 11.8 Å². The summed E-state index contributed by atoms with van der Waals surface area (Å²) < 4.78 is 27.4. The second-order valence-corrected chi connectivity index (χ2v) is 6.91. The van der Waals surface area contributed by atoms with Gasteiger partial charge in [0.05, 0.1) is 5.97 Å². The summed E-state index contributed by atoms with van der Waals surface area (Å²) in [5, 5.41) is 10.9. The van der Waals surface area contributed by atoms with Crippen LogP contribution in [0.2, 0.25) is 0 Å². The van der Waals surface area contributed by atoms with Crippen LogP contribution in [0.15, 0.2) is 51.8 Å². The zero-order valence-electron chi connectivity index (χ0n) is 11.0. The first-order chi connectivity index (χ1) is 9.79. The van der Waals surface area contributed by atoms with Crippen molar-refractivity contribution in [1.82, 2.24) is 0 Å². The SMILES string of the molecule is Cc1cccc(NS(=O)(=O)c2cc(C(=O)[O-])ccc2Br)c1. The van der Waals surface area contributed by atoms with Gasteiger partial charge in [0.25, 0.3) is 10.0 Å². The molecule has 2 aromatic carbocycles. The molecule has 110 valence electrons. The Morgan fingerprint density at radius 2 is 1.90 bits per heavy atom. The lowest BCUT2D eigenvalue weighted by atomic mass is 10.2. The van der Waals surface area contributed by atoms with Gasteiger partial charge in [-0.3, -0.25) is 4.72 Å². The second-order valence-electron chi connectivity index (χ2n) is 4.41. The predicted molar refractivity (Wildman–Crippen MR) is 80.5 cm³/mol. The monoisotopic (exact) mass is 368 g/mol. The maximum absolute atomic E-state index is 12.4. The molecule has 0 aliphatic carbocycles. The number of carbonyl (C=O) groups is 1. The van der Waals surface area contributed by atoms with Crippen molar-refractivity contribution in [2.75, 3.05) is 4.72 Å². The fourth-order valence-corrected chi connectivity index (χ4v) is 3.79. The average molecular weight is 369 g/mol. The van der Waals surface area contributed by atoms with Crippen LogP contribution in [-0.4, -0.2) is 14.4 Å². The Balaban J connectivity index is 2.44. The largest absolute Gasteiger partial charge is 0.545 e. The molecular weight excluding hydrogens is 358 g/mol. The molecule has 21 heavy (non-hydrogen) atoms. The predicted octanol–water partition coefficient (Wildman–Crippen LogP) is 1.92. The van der Waals surface area contributed by atoms with Gasteiger partial charge in [0.1, 0.15) is 4.90 Å². The second kappa shape index (κ2) is 5.87. The van der Waals surface area contributed by atoms with Gasteiger partial charge >= 0.3 is 0 Å². The molecule has 0 saturated heterocycles. The Bertz CT molecular complexity index is 802. The molecule has 0 unspecified atom stereocenters. The minimum Gasteiger partial charge on any atom is -0.545 e. The van der Waals surface area contributed by atoms with Crippen LogP contribution in [0.3, 0.4) is 0 Å². The van der Waals surface area contributed by atoms with Crippen LogP contribution in [0.25, 0.3) is 0 Å². The van der Waals surface area contributed by atoms with Gasteiger partial charge in [-0.1, -0.05) is 18.2 Å². The summed E-state index contributed by atoms with van der Waals surface area (Å²) in [5.74, 6) is -1.44. The molecule has 1 N–H and O–H groups in total. The molecule has 0 bridgehead atoms. The van der Waals surface area contributed by atoms with Gasteiger partial charge in [0.15, 0.2) is 0 Å². The number of aryl methyl sites for hydroxylation is 1. The van der Waals surface area contributed by atoms with Crippen molar-refractivity contribution >= 4 is 37.6 Å². The van der Waals surface area contributed by atoms with Crippen molar-refractivity contribution < 1.29 is 18.3 Å². The average Bonchev–Trinajstić information content (AvgIpc) is 2.38. The van der Waals surface area contributed by atoms with Crippen molar-refractivity contribution in [1.29, 1.82) is 0 Å². The highest BCUT2D eigenvalue weighted by Crippen LogP contribution is 2.25. The van der Waals surface area contributed by atoms with E-state index in [1.165, 1.54) is 12.1 Å². The minimum absolute atomic E-state index is 0.161. The highest BCUT2D eigenvalue weighted by Gasteiger charge is 2.18. The van der Waals surface area contributed by atoms with Gasteiger partial charge in [0.2, 0.25) is 0 Å². The number of hydrogen-bond donors (Lipinski definition) is 1. The van der Waals surface area contributed by atoms with E-state index < -0.39 is 16.0 Å². The van der Waals surface area contributed by atoms with Crippen molar-refractivity contribution in [2.24, 2.45) is 0 Å². The zero-order valence-corrected chi connectivity index (χ0v) is 13.4. The summed E-state index contributed by atoms with van der Waals surface area (Å²) >= 11 is 3.11. The molecule has 0 spiro atoms. The van der Waals surface area contributed by atoms with Crippen LogP contribution in [0.1, 0.15) is 15.9 Å². The smallest absolute Gasteiger partial charge is 0.263 e. The number of aromatic carboxylic acids is 1. The van der Waals surface area contributed by atoms with E-state index in [-0.39, 0.29) is 14.9 Å². The van der Waals surface area contributed by atoms with E-state index in [9.17, 15) is 18.3 Å². The third-order valence-electron chi connectivity index (χ3n) is 2.73. The number of sulfonamides is 1. The molecule has 0 aliphatic heterocycles. The van der Waals surface area contributed by atoms with Gasteiger partial charge in [-0.2, -0.15) is 0 Å². The molecule has 0 aromatic heterocycles. The molecule has 0 fully saturated rings. The van der Waals surface area contributed by atoms with Crippen LogP contribution >= 0.6 is 15.9 Å². The standard InChI is InChI=1S/C14H12BrNO4S/c1-9-3-2-4-11(7-9)16-21(19,20)13-8-10(14(17)18)5-6-12(13)15/h2-8,16H,1H3,(H,17,18)/p-1. The number of benzene rings is 2. The van der Waals surface area contributed by atoms with Crippen LogP contribution in [0, 0.1) is 6.92 Å². The van der Waals surface area contributed by atoms with Crippen LogP contribution in [0.5, 0.6) is 0 Å². The molecule has 0 atom stereocenters. The Hall–Kier alpha value is -1.86. The summed E-state index contributed by atoms with van der Waals surface area (Å²) in [6.45, 7) is 1.84. The molecule has 0 amide bonds. The van der Waals surface area contributed by atoms with Gasteiger partial charge in [0, 0.05) is 10.2 Å². The summed E-state index contributed by atoms with van der Waals surface area (Å²) in [6, 6.07) is 10.5. The number of hydrogen-bond acceptors (Lipinski definition) is 4. The lowest BCUT2D eigenvalue weighted by Crippen LogP contribution is -2.23. The van der Waals surface area contributed by atoms with Crippen molar-refractivity contribution in [3.63, 3.8) is 0 Å².